The smallest absolute Gasteiger partial charge is 0.327 e. The number of phenolic OH excluding ortho intramolecular Hbond substituents is 2. The number of rotatable bonds is 12. The molecule has 0 radical (unpaired) electrons. The standard InChI is InChI=1S/C28H34N4O4.HI/c1-2-3-4-7-16-32-17-14-21(15-18-32)10-12-23-8-5-6-9-24(23)30-31-28(36)27(35)29-20-22-11-13-25(33)26(34)19-22;/h5-6,8-9,11,13-15,17-19H,2-4,7,10,12,16,20H2,1H3,(H4-,29,30,31,33,34,35,36);1H. The van der Waals surface area contributed by atoms with E-state index in [0.717, 1.165) is 30.6 Å². The fourth-order valence-electron chi connectivity index (χ4n) is 3.79. The average molecular weight is 619 g/mol. The number of hydrogen-bond acceptors (Lipinski definition) is 5. The maximum Gasteiger partial charge on any atom is 0.327 e. The maximum absolute atomic E-state index is 12.2. The van der Waals surface area contributed by atoms with Gasteiger partial charge >= 0.3 is 11.8 Å². The second-order valence-electron chi connectivity index (χ2n) is 8.75. The van der Waals surface area contributed by atoms with Gasteiger partial charge in [0, 0.05) is 25.1 Å². The molecule has 0 saturated heterocycles. The van der Waals surface area contributed by atoms with Crippen LogP contribution in [-0.4, -0.2) is 22.0 Å². The molecular formula is C28H35IN4O4. The summed E-state index contributed by atoms with van der Waals surface area (Å²) in [7, 11) is 0. The molecule has 0 aliphatic heterocycles. The Labute approximate surface area is 235 Å². The summed E-state index contributed by atoms with van der Waals surface area (Å²) in [4.78, 5) is 24.3. The maximum atomic E-state index is 12.2. The van der Waals surface area contributed by atoms with Crippen molar-refractivity contribution in [2.24, 2.45) is 0 Å². The van der Waals surface area contributed by atoms with Crippen LogP contribution in [0.3, 0.4) is 0 Å². The number of hydrogen-bond donors (Lipinski definition) is 5. The van der Waals surface area contributed by atoms with Gasteiger partial charge in [0.05, 0.1) is 5.69 Å². The molecule has 8 nitrogen and oxygen atoms in total. The number of aromatic hydroxyl groups is 2. The van der Waals surface area contributed by atoms with Crippen LogP contribution in [0.5, 0.6) is 11.5 Å². The van der Waals surface area contributed by atoms with Crippen molar-refractivity contribution < 1.29 is 48.3 Å². The first-order chi connectivity index (χ1) is 17.5. The Hall–Kier alpha value is -3.34. The molecule has 0 spiro atoms. The van der Waals surface area contributed by atoms with Crippen molar-refractivity contribution in [3.8, 4) is 11.5 Å². The number of aryl methyl sites for hydroxylation is 3. The minimum absolute atomic E-state index is 0. The highest BCUT2D eigenvalue weighted by molar-refractivity contribution is 6.35. The summed E-state index contributed by atoms with van der Waals surface area (Å²) in [6, 6.07) is 16.1. The van der Waals surface area contributed by atoms with Crippen molar-refractivity contribution in [1.82, 2.24) is 10.7 Å². The monoisotopic (exact) mass is 618 g/mol. The molecule has 2 aromatic carbocycles. The van der Waals surface area contributed by atoms with Crippen LogP contribution in [0.15, 0.2) is 67.0 Å². The van der Waals surface area contributed by atoms with Crippen molar-refractivity contribution in [2.75, 3.05) is 5.43 Å². The zero-order valence-corrected chi connectivity index (χ0v) is 23.2. The van der Waals surface area contributed by atoms with E-state index >= 15 is 0 Å². The lowest BCUT2D eigenvalue weighted by Crippen LogP contribution is -3.00. The lowest BCUT2D eigenvalue weighted by atomic mass is 10.0. The number of amides is 2. The summed E-state index contributed by atoms with van der Waals surface area (Å²) in [5.41, 5.74) is 8.82. The number of halogens is 1. The second-order valence-corrected chi connectivity index (χ2v) is 8.75. The molecule has 198 valence electrons. The molecule has 2 amide bonds. The van der Waals surface area contributed by atoms with Crippen molar-refractivity contribution >= 4 is 17.5 Å². The highest BCUT2D eigenvalue weighted by Crippen LogP contribution is 2.24. The van der Waals surface area contributed by atoms with E-state index in [0.29, 0.717) is 5.56 Å². The third-order valence-electron chi connectivity index (χ3n) is 5.94. The van der Waals surface area contributed by atoms with Gasteiger partial charge in [-0.3, -0.25) is 20.4 Å². The van der Waals surface area contributed by atoms with Crippen LogP contribution in [0.25, 0.3) is 0 Å². The lowest BCUT2D eigenvalue weighted by molar-refractivity contribution is -0.697. The van der Waals surface area contributed by atoms with Crippen LogP contribution < -0.4 is 44.7 Å². The second kappa shape index (κ2) is 15.7. The molecule has 1 aromatic heterocycles. The minimum atomic E-state index is -0.834. The molecule has 3 aromatic rings. The zero-order valence-electron chi connectivity index (χ0n) is 21.0. The zero-order chi connectivity index (χ0) is 25.8. The number of para-hydroxylation sites is 1. The quantitative estimate of drug-likeness (QED) is 0.0508. The Morgan fingerprint density at radius 3 is 2.32 bits per heavy atom. The highest BCUT2D eigenvalue weighted by Gasteiger charge is 2.14. The van der Waals surface area contributed by atoms with Gasteiger partial charge in [0.2, 0.25) is 0 Å². The Morgan fingerprint density at radius 2 is 1.59 bits per heavy atom. The summed E-state index contributed by atoms with van der Waals surface area (Å²) in [6.07, 6.45) is 10.9. The Bertz CT molecular complexity index is 1160. The molecule has 37 heavy (non-hydrogen) atoms. The Balaban J connectivity index is 0.00000481. The summed E-state index contributed by atoms with van der Waals surface area (Å²) >= 11 is 0. The summed E-state index contributed by atoms with van der Waals surface area (Å²) < 4.78 is 2.22. The van der Waals surface area contributed by atoms with E-state index in [2.05, 4.69) is 52.2 Å². The third-order valence-corrected chi connectivity index (χ3v) is 5.94. The molecule has 0 unspecified atom stereocenters. The average Bonchev–Trinajstić information content (AvgIpc) is 2.90. The van der Waals surface area contributed by atoms with Gasteiger partial charge in [-0.05, 0) is 54.2 Å². The van der Waals surface area contributed by atoms with Crippen molar-refractivity contribution in [2.45, 2.75) is 58.5 Å². The normalized spacial score (nSPS) is 10.3. The van der Waals surface area contributed by atoms with Gasteiger partial charge in [0.25, 0.3) is 0 Å². The molecule has 0 saturated carbocycles. The van der Waals surface area contributed by atoms with Crippen LogP contribution >= 0.6 is 0 Å². The molecule has 3 rings (SSSR count). The number of pyridine rings is 1. The minimum Gasteiger partial charge on any atom is -1.00 e. The third kappa shape index (κ3) is 9.91. The van der Waals surface area contributed by atoms with E-state index in [9.17, 15) is 19.8 Å². The Morgan fingerprint density at radius 1 is 0.838 bits per heavy atom. The SMILES string of the molecule is CCCCCC[n+]1ccc(CCc2ccccc2NNC(=O)C(=O)NCc2ccc(O)c(O)c2)cc1.[I-]. The van der Waals surface area contributed by atoms with E-state index in [4.69, 9.17) is 0 Å². The van der Waals surface area contributed by atoms with Gasteiger partial charge in [0.15, 0.2) is 23.9 Å². The van der Waals surface area contributed by atoms with E-state index < -0.39 is 11.8 Å². The van der Waals surface area contributed by atoms with Gasteiger partial charge in [-0.15, -0.1) is 0 Å². The van der Waals surface area contributed by atoms with Crippen LogP contribution in [0, 0.1) is 0 Å². The number of phenols is 2. The van der Waals surface area contributed by atoms with Crippen LogP contribution in [-0.2, 0) is 35.5 Å². The van der Waals surface area contributed by atoms with Gasteiger partial charge in [-0.1, -0.05) is 44.0 Å². The summed E-state index contributed by atoms with van der Waals surface area (Å²) in [5, 5.41) is 21.4. The predicted octanol–water partition coefficient (Wildman–Crippen LogP) is 0.514. The highest BCUT2D eigenvalue weighted by atomic mass is 127. The van der Waals surface area contributed by atoms with Crippen molar-refractivity contribution in [3.63, 3.8) is 0 Å². The number of hydrazine groups is 1. The topological polar surface area (TPSA) is 115 Å². The number of carbonyl (C=O) groups excluding carboxylic acids is 2. The molecule has 0 aliphatic carbocycles. The molecule has 9 heteroatoms. The van der Waals surface area contributed by atoms with Crippen molar-refractivity contribution in [3.05, 3.63) is 83.7 Å². The van der Waals surface area contributed by atoms with Gasteiger partial charge in [-0.25, -0.2) is 4.57 Å². The van der Waals surface area contributed by atoms with Crippen LogP contribution in [0.2, 0.25) is 0 Å². The van der Waals surface area contributed by atoms with Crippen LogP contribution in [0.4, 0.5) is 5.69 Å². The number of nitrogens with one attached hydrogen (secondary N) is 3. The number of carbonyl (C=O) groups is 2. The van der Waals surface area contributed by atoms with E-state index in [1.807, 2.05) is 24.3 Å². The molecule has 0 bridgehead atoms. The van der Waals surface area contributed by atoms with E-state index in [-0.39, 0.29) is 42.0 Å². The lowest BCUT2D eigenvalue weighted by Gasteiger charge is -2.13. The molecule has 0 fully saturated rings. The number of aromatic nitrogens is 1. The largest absolute Gasteiger partial charge is 1.00 e. The van der Waals surface area contributed by atoms with E-state index in [1.54, 1.807) is 6.07 Å². The van der Waals surface area contributed by atoms with E-state index in [1.165, 1.54) is 43.4 Å². The van der Waals surface area contributed by atoms with Crippen LogP contribution in [0.1, 0.15) is 49.3 Å². The summed E-state index contributed by atoms with van der Waals surface area (Å²) in [6.45, 7) is 3.29. The van der Waals surface area contributed by atoms with Gasteiger partial charge in [0.1, 0.15) is 6.54 Å². The van der Waals surface area contributed by atoms with Crippen molar-refractivity contribution in [1.29, 1.82) is 0 Å². The molecule has 5 N–H and O–H groups in total. The molecule has 1 heterocycles. The first-order valence-electron chi connectivity index (χ1n) is 12.4. The first kappa shape index (κ1) is 29.9. The molecule has 0 aliphatic rings. The molecule has 0 atom stereocenters. The number of benzene rings is 2. The van der Waals surface area contributed by atoms with Gasteiger partial charge < -0.3 is 39.5 Å². The van der Waals surface area contributed by atoms with Gasteiger partial charge in [-0.2, -0.15) is 0 Å². The first-order valence-corrected chi connectivity index (χ1v) is 12.4. The number of nitrogens with zero attached hydrogens (tertiary/aromatic N) is 1. The number of unbranched alkanes of at least 4 members (excludes halogenated alkanes) is 3. The fourth-order valence-corrected chi connectivity index (χ4v) is 3.79. The number of anilines is 1. The Kier molecular flexibility index (Phi) is 12.7. The fraction of sp³-hybridized carbons (Fsp3) is 0.321. The predicted molar refractivity (Wildman–Crippen MR) is 138 cm³/mol. The summed E-state index contributed by atoms with van der Waals surface area (Å²) in [5.74, 6) is -2.19. The molecular weight excluding hydrogens is 583 g/mol.